The lowest BCUT2D eigenvalue weighted by Crippen LogP contribution is -2.48. The van der Waals surface area contributed by atoms with Crippen LogP contribution >= 0.6 is 0 Å². The Labute approximate surface area is 120 Å². The van der Waals surface area contributed by atoms with Crippen LogP contribution < -0.4 is 5.32 Å². The minimum absolute atomic E-state index is 0.373. The molecule has 19 heavy (non-hydrogen) atoms. The summed E-state index contributed by atoms with van der Waals surface area (Å²) in [5.41, 5.74) is 0.783. The molecule has 1 aliphatic rings. The van der Waals surface area contributed by atoms with Gasteiger partial charge in [0.15, 0.2) is 0 Å². The smallest absolute Gasteiger partial charge is 0.0472 e. The molecule has 114 valence electrons. The summed E-state index contributed by atoms with van der Waals surface area (Å²) in [6, 6.07) is 0. The monoisotopic (exact) mass is 270 g/mol. The van der Waals surface area contributed by atoms with E-state index >= 15 is 0 Å². The van der Waals surface area contributed by atoms with Crippen molar-refractivity contribution in [3.63, 3.8) is 0 Å². The van der Waals surface area contributed by atoms with E-state index in [-0.39, 0.29) is 0 Å². The number of rotatable bonds is 7. The fourth-order valence-electron chi connectivity index (χ4n) is 3.16. The van der Waals surface area contributed by atoms with E-state index in [2.05, 4.69) is 45.0 Å². The summed E-state index contributed by atoms with van der Waals surface area (Å²) in [5, 5.41) is 3.63. The van der Waals surface area contributed by atoms with Crippen LogP contribution in [0.2, 0.25) is 0 Å². The Kier molecular flexibility index (Phi) is 6.78. The SMILES string of the molecule is CCCNCC1(CN(C)CC(C)(C)C)CCOCC1. The molecule has 0 amide bonds. The zero-order valence-corrected chi connectivity index (χ0v) is 13.7. The van der Waals surface area contributed by atoms with Gasteiger partial charge < -0.3 is 15.0 Å². The molecule has 1 aliphatic heterocycles. The largest absolute Gasteiger partial charge is 0.381 e. The zero-order valence-electron chi connectivity index (χ0n) is 13.7. The van der Waals surface area contributed by atoms with Gasteiger partial charge in [-0.05, 0) is 43.7 Å². The maximum Gasteiger partial charge on any atom is 0.0472 e. The van der Waals surface area contributed by atoms with Gasteiger partial charge in [-0.25, -0.2) is 0 Å². The topological polar surface area (TPSA) is 24.5 Å². The number of hydrogen-bond acceptors (Lipinski definition) is 3. The van der Waals surface area contributed by atoms with Gasteiger partial charge in [0.25, 0.3) is 0 Å². The van der Waals surface area contributed by atoms with E-state index in [9.17, 15) is 0 Å². The predicted octanol–water partition coefficient (Wildman–Crippen LogP) is 2.76. The third kappa shape index (κ3) is 6.73. The first kappa shape index (κ1) is 16.9. The molecule has 1 fully saturated rings. The van der Waals surface area contributed by atoms with Gasteiger partial charge in [0.1, 0.15) is 0 Å². The minimum atomic E-state index is 0.373. The van der Waals surface area contributed by atoms with E-state index in [4.69, 9.17) is 4.74 Å². The Hall–Kier alpha value is -0.120. The summed E-state index contributed by atoms with van der Waals surface area (Å²) in [6.45, 7) is 15.6. The summed E-state index contributed by atoms with van der Waals surface area (Å²) in [6.07, 6.45) is 3.60. The summed E-state index contributed by atoms with van der Waals surface area (Å²) in [4.78, 5) is 2.51. The first-order valence-electron chi connectivity index (χ1n) is 7.84. The Bertz CT molecular complexity index is 242. The summed E-state index contributed by atoms with van der Waals surface area (Å²) in [5.74, 6) is 0. The third-order valence-corrected chi connectivity index (χ3v) is 3.83. The lowest BCUT2D eigenvalue weighted by atomic mass is 9.79. The minimum Gasteiger partial charge on any atom is -0.381 e. The average molecular weight is 270 g/mol. The lowest BCUT2D eigenvalue weighted by Gasteiger charge is -2.41. The van der Waals surface area contributed by atoms with Gasteiger partial charge in [-0.3, -0.25) is 0 Å². The van der Waals surface area contributed by atoms with Crippen molar-refractivity contribution >= 4 is 0 Å². The molecule has 0 spiro atoms. The zero-order chi connectivity index (χ0) is 14.4. The van der Waals surface area contributed by atoms with E-state index in [1.807, 2.05) is 0 Å². The molecule has 0 aliphatic carbocycles. The van der Waals surface area contributed by atoms with Crippen LogP contribution in [0.25, 0.3) is 0 Å². The Morgan fingerprint density at radius 1 is 1.21 bits per heavy atom. The first-order chi connectivity index (χ1) is 8.87. The molecule has 1 heterocycles. The van der Waals surface area contributed by atoms with Crippen LogP contribution in [0.3, 0.4) is 0 Å². The molecule has 0 bridgehead atoms. The molecule has 0 aromatic rings. The van der Waals surface area contributed by atoms with Crippen molar-refractivity contribution < 1.29 is 4.74 Å². The van der Waals surface area contributed by atoms with Gasteiger partial charge in [-0.1, -0.05) is 27.7 Å². The van der Waals surface area contributed by atoms with E-state index in [1.54, 1.807) is 0 Å². The van der Waals surface area contributed by atoms with Crippen LogP contribution in [0, 0.1) is 10.8 Å². The van der Waals surface area contributed by atoms with E-state index < -0.39 is 0 Å². The Morgan fingerprint density at radius 3 is 2.37 bits per heavy atom. The van der Waals surface area contributed by atoms with Gasteiger partial charge >= 0.3 is 0 Å². The quantitative estimate of drug-likeness (QED) is 0.720. The summed E-state index contributed by atoms with van der Waals surface area (Å²) in [7, 11) is 2.27. The molecule has 0 saturated carbocycles. The number of nitrogens with zero attached hydrogens (tertiary/aromatic N) is 1. The first-order valence-corrected chi connectivity index (χ1v) is 7.84. The van der Waals surface area contributed by atoms with Gasteiger partial charge in [0, 0.05) is 32.8 Å². The number of hydrogen-bond donors (Lipinski definition) is 1. The Morgan fingerprint density at radius 2 is 1.84 bits per heavy atom. The average Bonchev–Trinajstić information content (AvgIpc) is 2.27. The lowest BCUT2D eigenvalue weighted by molar-refractivity contribution is -0.00420. The standard InChI is InChI=1S/C16H34N2O/c1-6-9-17-12-16(7-10-19-11-8-16)14-18(5)13-15(2,3)4/h17H,6-14H2,1-5H3. The molecule has 1 rings (SSSR count). The van der Waals surface area contributed by atoms with E-state index in [0.29, 0.717) is 10.8 Å². The highest BCUT2D eigenvalue weighted by Gasteiger charge is 2.33. The molecule has 0 aromatic heterocycles. The molecular formula is C16H34N2O. The van der Waals surface area contributed by atoms with Crippen molar-refractivity contribution in [3.05, 3.63) is 0 Å². The molecule has 1 saturated heterocycles. The van der Waals surface area contributed by atoms with Crippen molar-refractivity contribution in [2.75, 3.05) is 46.4 Å². The second-order valence-corrected chi connectivity index (χ2v) is 7.52. The van der Waals surface area contributed by atoms with Crippen LogP contribution in [0.5, 0.6) is 0 Å². The van der Waals surface area contributed by atoms with Gasteiger partial charge in [0.2, 0.25) is 0 Å². The highest BCUT2D eigenvalue weighted by molar-refractivity contribution is 4.87. The van der Waals surface area contributed by atoms with Crippen molar-refractivity contribution in [1.82, 2.24) is 10.2 Å². The van der Waals surface area contributed by atoms with E-state index in [0.717, 1.165) is 32.8 Å². The van der Waals surface area contributed by atoms with Crippen molar-refractivity contribution in [1.29, 1.82) is 0 Å². The second-order valence-electron chi connectivity index (χ2n) is 7.52. The summed E-state index contributed by atoms with van der Waals surface area (Å²) >= 11 is 0. The second kappa shape index (κ2) is 7.61. The van der Waals surface area contributed by atoms with Crippen LogP contribution in [0.1, 0.15) is 47.0 Å². The van der Waals surface area contributed by atoms with Crippen molar-refractivity contribution in [2.45, 2.75) is 47.0 Å². The molecule has 3 nitrogen and oxygen atoms in total. The van der Waals surface area contributed by atoms with Crippen molar-refractivity contribution in [3.8, 4) is 0 Å². The molecular weight excluding hydrogens is 236 g/mol. The highest BCUT2D eigenvalue weighted by Crippen LogP contribution is 2.31. The van der Waals surface area contributed by atoms with Gasteiger partial charge in [-0.2, -0.15) is 0 Å². The highest BCUT2D eigenvalue weighted by atomic mass is 16.5. The molecule has 0 unspecified atom stereocenters. The molecule has 0 radical (unpaired) electrons. The fourth-order valence-corrected chi connectivity index (χ4v) is 3.16. The van der Waals surface area contributed by atoms with Gasteiger partial charge in [-0.15, -0.1) is 0 Å². The number of ether oxygens (including phenoxy) is 1. The number of nitrogens with one attached hydrogen (secondary N) is 1. The van der Waals surface area contributed by atoms with Crippen LogP contribution in [0.4, 0.5) is 0 Å². The van der Waals surface area contributed by atoms with E-state index in [1.165, 1.54) is 25.8 Å². The van der Waals surface area contributed by atoms with Gasteiger partial charge in [0.05, 0.1) is 0 Å². The normalized spacial score (nSPS) is 19.9. The van der Waals surface area contributed by atoms with Crippen LogP contribution in [0.15, 0.2) is 0 Å². The van der Waals surface area contributed by atoms with Crippen molar-refractivity contribution in [2.24, 2.45) is 10.8 Å². The molecule has 0 aromatic carbocycles. The molecule has 3 heteroatoms. The summed E-state index contributed by atoms with van der Waals surface area (Å²) < 4.78 is 5.57. The molecule has 0 atom stereocenters. The third-order valence-electron chi connectivity index (χ3n) is 3.83. The van der Waals surface area contributed by atoms with Crippen LogP contribution in [-0.4, -0.2) is 51.3 Å². The fraction of sp³-hybridized carbons (Fsp3) is 1.00. The predicted molar refractivity (Wildman–Crippen MR) is 82.6 cm³/mol. The van der Waals surface area contributed by atoms with Crippen LogP contribution in [-0.2, 0) is 4.74 Å². The maximum absolute atomic E-state index is 5.57. The Balaban J connectivity index is 2.53. The molecule has 1 N–H and O–H groups in total. The maximum atomic E-state index is 5.57.